The average Bonchev–Trinajstić information content (AvgIpc) is 2.17. The summed E-state index contributed by atoms with van der Waals surface area (Å²) < 4.78 is 0. The Labute approximate surface area is 54.0 Å². The molecule has 52 valence electrons. The molecular weight excluding hydrogens is 118 g/mol. The minimum absolute atomic E-state index is 0.761. The summed E-state index contributed by atoms with van der Waals surface area (Å²) in [4.78, 5) is 0. The molecule has 3 N–H and O–H groups in total. The molecule has 0 unspecified atom stereocenters. The molecule has 0 fully saturated rings. The number of nitrogens with zero attached hydrogens (tertiary/aromatic N) is 2. The van der Waals surface area contributed by atoms with Crippen LogP contribution in [-0.4, -0.2) is 31.6 Å². The van der Waals surface area contributed by atoms with E-state index in [1.54, 1.807) is 5.12 Å². The molecule has 0 aromatic carbocycles. The molecule has 0 atom stereocenters. The molecule has 1 aliphatic rings. The van der Waals surface area contributed by atoms with Gasteiger partial charge in [-0.1, -0.05) is 0 Å². The van der Waals surface area contributed by atoms with Crippen molar-refractivity contribution in [3.63, 3.8) is 0 Å². The zero-order chi connectivity index (χ0) is 6.69. The second-order valence-electron chi connectivity index (χ2n) is 1.86. The van der Waals surface area contributed by atoms with Crippen LogP contribution >= 0.6 is 0 Å². The third-order valence-electron chi connectivity index (χ3n) is 0.976. The fourth-order valence-corrected chi connectivity index (χ4v) is 0.625. The van der Waals surface area contributed by atoms with Gasteiger partial charge in [0, 0.05) is 7.05 Å². The van der Waals surface area contributed by atoms with Crippen molar-refractivity contribution in [1.29, 1.82) is 0 Å². The van der Waals surface area contributed by atoms with Crippen LogP contribution in [0.5, 0.6) is 0 Å². The van der Waals surface area contributed by atoms with Crippen molar-refractivity contribution in [2.24, 2.45) is 5.10 Å². The number of nitrogens with one attached hydrogen (secondary N) is 3. The van der Waals surface area contributed by atoms with Crippen LogP contribution in [0.15, 0.2) is 5.10 Å². The van der Waals surface area contributed by atoms with Gasteiger partial charge in [0.05, 0.1) is 6.54 Å². The smallest absolute Gasteiger partial charge is 0.153 e. The molecule has 0 aromatic rings. The van der Waals surface area contributed by atoms with Crippen LogP contribution in [0.2, 0.25) is 0 Å². The standard InChI is InChI=1S/C4H11N5/c1-5-3-4-6-8-9(2)7-4/h5,8H,3H2,1-2H3,(H,6,7). The molecule has 1 aliphatic heterocycles. The first-order valence-corrected chi connectivity index (χ1v) is 2.80. The van der Waals surface area contributed by atoms with E-state index in [0.717, 1.165) is 12.4 Å². The maximum Gasteiger partial charge on any atom is 0.153 e. The van der Waals surface area contributed by atoms with Crippen molar-refractivity contribution < 1.29 is 0 Å². The van der Waals surface area contributed by atoms with Crippen molar-refractivity contribution in [1.82, 2.24) is 21.4 Å². The number of hydrazine groups is 2. The fraction of sp³-hybridized carbons (Fsp3) is 0.750. The van der Waals surface area contributed by atoms with Gasteiger partial charge >= 0.3 is 0 Å². The minimum Gasteiger partial charge on any atom is -0.313 e. The van der Waals surface area contributed by atoms with E-state index in [4.69, 9.17) is 0 Å². The lowest BCUT2D eigenvalue weighted by Gasteiger charge is -2.06. The number of amidine groups is 1. The molecule has 0 amide bonds. The number of hydrogen-bond donors (Lipinski definition) is 3. The Balaban J connectivity index is 2.27. The number of hydrazone groups is 1. The normalized spacial score (nSPS) is 18.7. The molecule has 1 heterocycles. The van der Waals surface area contributed by atoms with Crippen LogP contribution in [-0.2, 0) is 0 Å². The number of likely N-dealkylation sites (N-methyl/N-ethyl adjacent to an activating group) is 1. The first-order valence-electron chi connectivity index (χ1n) is 2.80. The SMILES string of the molecule is CNCC1=NNN(C)N1. The topological polar surface area (TPSA) is 51.7 Å². The van der Waals surface area contributed by atoms with Gasteiger partial charge in [0.15, 0.2) is 5.84 Å². The van der Waals surface area contributed by atoms with Gasteiger partial charge in [-0.3, -0.25) is 5.43 Å². The predicted octanol–water partition coefficient (Wildman–Crippen LogP) is -1.53. The van der Waals surface area contributed by atoms with E-state index in [1.165, 1.54) is 0 Å². The number of hydrogen-bond acceptors (Lipinski definition) is 5. The van der Waals surface area contributed by atoms with Crippen LogP contribution in [0.4, 0.5) is 0 Å². The summed E-state index contributed by atoms with van der Waals surface area (Å²) in [6.07, 6.45) is 0. The van der Waals surface area contributed by atoms with Crippen LogP contribution < -0.4 is 16.3 Å². The molecule has 0 saturated carbocycles. The van der Waals surface area contributed by atoms with Crippen molar-refractivity contribution >= 4 is 5.84 Å². The second-order valence-corrected chi connectivity index (χ2v) is 1.86. The Hall–Kier alpha value is -0.810. The Kier molecular flexibility index (Phi) is 1.86. The van der Waals surface area contributed by atoms with Crippen molar-refractivity contribution in [3.05, 3.63) is 0 Å². The molecule has 9 heavy (non-hydrogen) atoms. The molecule has 1 rings (SSSR count). The van der Waals surface area contributed by atoms with Crippen molar-refractivity contribution in [2.75, 3.05) is 20.6 Å². The average molecular weight is 129 g/mol. The van der Waals surface area contributed by atoms with E-state index in [-0.39, 0.29) is 0 Å². The van der Waals surface area contributed by atoms with Crippen LogP contribution in [0, 0.1) is 0 Å². The lowest BCUT2D eigenvalue weighted by Crippen LogP contribution is -2.40. The summed E-state index contributed by atoms with van der Waals surface area (Å²) in [5.41, 5.74) is 5.69. The van der Waals surface area contributed by atoms with Crippen LogP contribution in [0.1, 0.15) is 0 Å². The molecule has 0 bridgehead atoms. The molecule has 0 saturated heterocycles. The monoisotopic (exact) mass is 129 g/mol. The Morgan fingerprint density at radius 3 is 3.00 bits per heavy atom. The van der Waals surface area contributed by atoms with Crippen molar-refractivity contribution in [3.8, 4) is 0 Å². The fourth-order valence-electron chi connectivity index (χ4n) is 0.625. The first-order chi connectivity index (χ1) is 4.33. The number of rotatable bonds is 2. The van der Waals surface area contributed by atoms with Gasteiger partial charge in [0.1, 0.15) is 0 Å². The molecule has 5 heteroatoms. The highest BCUT2D eigenvalue weighted by Gasteiger charge is 2.06. The zero-order valence-corrected chi connectivity index (χ0v) is 5.60. The van der Waals surface area contributed by atoms with Gasteiger partial charge in [-0.05, 0) is 7.05 Å². The van der Waals surface area contributed by atoms with Crippen molar-refractivity contribution in [2.45, 2.75) is 0 Å². The summed E-state index contributed by atoms with van der Waals surface area (Å²) in [6.45, 7) is 0.761. The van der Waals surface area contributed by atoms with E-state index in [0.29, 0.717) is 0 Å². The van der Waals surface area contributed by atoms with Gasteiger partial charge < -0.3 is 5.32 Å². The van der Waals surface area contributed by atoms with Gasteiger partial charge in [0.25, 0.3) is 0 Å². The lowest BCUT2D eigenvalue weighted by molar-refractivity contribution is 0.231. The predicted molar refractivity (Wildman–Crippen MR) is 35.4 cm³/mol. The van der Waals surface area contributed by atoms with Gasteiger partial charge in [-0.2, -0.15) is 0 Å². The molecular formula is C4H11N5. The molecule has 0 spiro atoms. The van der Waals surface area contributed by atoms with Gasteiger partial charge in [-0.25, -0.2) is 5.53 Å². The van der Waals surface area contributed by atoms with E-state index >= 15 is 0 Å². The van der Waals surface area contributed by atoms with Crippen LogP contribution in [0.3, 0.4) is 0 Å². The highest BCUT2D eigenvalue weighted by Crippen LogP contribution is 1.80. The summed E-state index contributed by atoms with van der Waals surface area (Å²) in [6, 6.07) is 0. The lowest BCUT2D eigenvalue weighted by atomic mass is 10.6. The van der Waals surface area contributed by atoms with Gasteiger partial charge in [-0.15, -0.1) is 10.2 Å². The summed E-state index contributed by atoms with van der Waals surface area (Å²) in [5, 5.41) is 8.58. The van der Waals surface area contributed by atoms with E-state index in [1.807, 2.05) is 14.1 Å². The second kappa shape index (κ2) is 2.65. The summed E-state index contributed by atoms with van der Waals surface area (Å²) >= 11 is 0. The maximum absolute atomic E-state index is 3.93. The van der Waals surface area contributed by atoms with E-state index < -0.39 is 0 Å². The Bertz CT molecular complexity index is 120. The third-order valence-corrected chi connectivity index (χ3v) is 0.976. The Morgan fingerprint density at radius 1 is 1.78 bits per heavy atom. The Morgan fingerprint density at radius 2 is 2.56 bits per heavy atom. The van der Waals surface area contributed by atoms with E-state index in [2.05, 4.69) is 21.4 Å². The summed E-state index contributed by atoms with van der Waals surface area (Å²) in [5.74, 6) is 0.903. The largest absolute Gasteiger partial charge is 0.313 e. The summed E-state index contributed by atoms with van der Waals surface area (Å²) in [7, 11) is 3.73. The quantitative estimate of drug-likeness (QED) is 0.423. The molecule has 0 aliphatic carbocycles. The zero-order valence-electron chi connectivity index (χ0n) is 5.60. The highest BCUT2D eigenvalue weighted by molar-refractivity contribution is 5.84. The first kappa shape index (κ1) is 6.31. The molecule has 5 nitrogen and oxygen atoms in total. The maximum atomic E-state index is 3.93. The van der Waals surface area contributed by atoms with E-state index in [9.17, 15) is 0 Å². The molecule has 0 radical (unpaired) electrons. The molecule has 0 aromatic heterocycles. The highest BCUT2D eigenvalue weighted by atomic mass is 15.9. The van der Waals surface area contributed by atoms with Crippen LogP contribution in [0.25, 0.3) is 0 Å². The third kappa shape index (κ3) is 1.55. The van der Waals surface area contributed by atoms with Gasteiger partial charge in [0.2, 0.25) is 0 Å². The minimum atomic E-state index is 0.761.